The predicted octanol–water partition coefficient (Wildman–Crippen LogP) is 1.88. The molecule has 0 saturated heterocycles. The molecule has 1 aromatic rings. The third-order valence-electron chi connectivity index (χ3n) is 1.73. The average molecular weight is 207 g/mol. The Morgan fingerprint density at radius 3 is 3.07 bits per heavy atom. The lowest BCUT2D eigenvalue weighted by Crippen LogP contribution is -2.06. The van der Waals surface area contributed by atoms with Gasteiger partial charge in [-0.05, 0) is 19.1 Å². The van der Waals surface area contributed by atoms with Crippen LogP contribution in [-0.2, 0) is 9.47 Å². The highest BCUT2D eigenvalue weighted by atomic mass is 16.5. The van der Waals surface area contributed by atoms with Crippen LogP contribution in [0.5, 0.6) is 0 Å². The van der Waals surface area contributed by atoms with Crippen molar-refractivity contribution in [3.8, 4) is 0 Å². The number of rotatable bonds is 4. The molecule has 0 radical (unpaired) electrons. The zero-order valence-electron chi connectivity index (χ0n) is 8.77. The zero-order valence-corrected chi connectivity index (χ0v) is 8.77. The second-order valence-electron chi connectivity index (χ2n) is 2.69. The highest BCUT2D eigenvalue weighted by Crippen LogP contribution is 2.08. The number of aromatic nitrogens is 1. The van der Waals surface area contributed by atoms with Crippen molar-refractivity contribution in [1.29, 1.82) is 0 Å². The van der Waals surface area contributed by atoms with Gasteiger partial charge in [0.2, 0.25) is 0 Å². The van der Waals surface area contributed by atoms with Crippen molar-refractivity contribution in [1.82, 2.24) is 4.98 Å². The largest absolute Gasteiger partial charge is 0.501 e. The molecule has 4 nitrogen and oxygen atoms in total. The molecule has 0 spiro atoms. The quantitative estimate of drug-likeness (QED) is 0.558. The minimum Gasteiger partial charge on any atom is -0.501 e. The van der Waals surface area contributed by atoms with E-state index < -0.39 is 5.97 Å². The number of hydrogen-bond acceptors (Lipinski definition) is 4. The topological polar surface area (TPSA) is 48.4 Å². The molecule has 0 bridgehead atoms. The Morgan fingerprint density at radius 1 is 1.60 bits per heavy atom. The summed E-state index contributed by atoms with van der Waals surface area (Å²) in [6.45, 7) is 2.47. The third kappa shape index (κ3) is 3.09. The van der Waals surface area contributed by atoms with E-state index in [9.17, 15) is 4.79 Å². The molecule has 1 rings (SSSR count). The second kappa shape index (κ2) is 5.80. The van der Waals surface area contributed by atoms with Crippen LogP contribution >= 0.6 is 0 Å². The van der Waals surface area contributed by atoms with Crippen molar-refractivity contribution in [3.05, 3.63) is 35.8 Å². The number of carbonyl (C=O) groups excluding carboxylic acids is 1. The maximum absolute atomic E-state index is 11.3. The Hall–Kier alpha value is -1.84. The second-order valence-corrected chi connectivity index (χ2v) is 2.69. The van der Waals surface area contributed by atoms with E-state index in [1.165, 1.54) is 13.4 Å². The van der Waals surface area contributed by atoms with Crippen LogP contribution in [0.25, 0.3) is 6.08 Å². The van der Waals surface area contributed by atoms with Gasteiger partial charge in [-0.2, -0.15) is 0 Å². The summed E-state index contributed by atoms with van der Waals surface area (Å²) in [7, 11) is 1.33. The maximum Gasteiger partial charge on any atom is 0.357 e. The lowest BCUT2D eigenvalue weighted by molar-refractivity contribution is 0.0594. The summed E-state index contributed by atoms with van der Waals surface area (Å²) >= 11 is 0. The highest BCUT2D eigenvalue weighted by Gasteiger charge is 2.10. The van der Waals surface area contributed by atoms with Gasteiger partial charge in [0.05, 0.1) is 20.0 Å². The lowest BCUT2D eigenvalue weighted by Gasteiger charge is -2.01. The van der Waals surface area contributed by atoms with Gasteiger partial charge in [0.1, 0.15) is 0 Å². The summed E-state index contributed by atoms with van der Waals surface area (Å²) in [5.41, 5.74) is 0.966. The molecule has 0 aliphatic heterocycles. The number of esters is 1. The van der Waals surface area contributed by atoms with Crippen LogP contribution in [0.4, 0.5) is 0 Å². The Kier molecular flexibility index (Phi) is 4.34. The molecule has 0 aliphatic carbocycles. The van der Waals surface area contributed by atoms with Crippen molar-refractivity contribution in [2.24, 2.45) is 0 Å². The molecule has 0 aromatic carbocycles. The van der Waals surface area contributed by atoms with Crippen LogP contribution in [0.15, 0.2) is 24.6 Å². The molecule has 0 aliphatic rings. The van der Waals surface area contributed by atoms with Crippen LogP contribution in [0.2, 0.25) is 0 Å². The van der Waals surface area contributed by atoms with Gasteiger partial charge in [-0.15, -0.1) is 0 Å². The summed E-state index contributed by atoms with van der Waals surface area (Å²) in [6, 6.07) is 3.52. The van der Waals surface area contributed by atoms with Crippen LogP contribution < -0.4 is 0 Å². The van der Waals surface area contributed by atoms with Crippen molar-refractivity contribution < 1.29 is 14.3 Å². The Morgan fingerprint density at radius 2 is 2.40 bits per heavy atom. The van der Waals surface area contributed by atoms with E-state index in [0.29, 0.717) is 12.2 Å². The smallest absolute Gasteiger partial charge is 0.357 e. The molecule has 1 aromatic heterocycles. The third-order valence-corrected chi connectivity index (χ3v) is 1.73. The predicted molar refractivity (Wildman–Crippen MR) is 56.2 cm³/mol. The number of carbonyl (C=O) groups is 1. The van der Waals surface area contributed by atoms with Gasteiger partial charge in [0, 0.05) is 11.8 Å². The highest BCUT2D eigenvalue weighted by molar-refractivity contribution is 5.91. The standard InChI is InChI=1S/C11H13NO3/c1-3-15-8-6-9-5-4-7-12-10(9)11(13)14-2/h4-8H,3H2,1-2H3/b8-6+. The Balaban J connectivity index is 2.91. The van der Waals surface area contributed by atoms with Crippen LogP contribution in [-0.4, -0.2) is 24.7 Å². The number of methoxy groups -OCH3 is 1. The molecule has 0 N–H and O–H groups in total. The first kappa shape index (κ1) is 11.2. The van der Waals surface area contributed by atoms with Gasteiger partial charge < -0.3 is 9.47 Å². The summed E-state index contributed by atoms with van der Waals surface area (Å²) < 4.78 is 9.65. The molecule has 80 valence electrons. The fraction of sp³-hybridized carbons (Fsp3) is 0.273. The summed E-state index contributed by atoms with van der Waals surface area (Å²) in [6.07, 6.45) is 4.76. The van der Waals surface area contributed by atoms with Crippen molar-refractivity contribution in [2.45, 2.75) is 6.92 Å². The number of ether oxygens (including phenoxy) is 2. The fourth-order valence-corrected chi connectivity index (χ4v) is 1.04. The molecule has 0 fully saturated rings. The van der Waals surface area contributed by atoms with Gasteiger partial charge in [-0.1, -0.05) is 6.07 Å². The molecule has 4 heteroatoms. The van der Waals surface area contributed by atoms with Gasteiger partial charge in [-0.25, -0.2) is 9.78 Å². The SMILES string of the molecule is CCO/C=C/c1cccnc1C(=O)OC. The molecule has 15 heavy (non-hydrogen) atoms. The van der Waals surface area contributed by atoms with E-state index in [0.717, 1.165) is 0 Å². The number of nitrogens with zero attached hydrogens (tertiary/aromatic N) is 1. The van der Waals surface area contributed by atoms with Crippen molar-refractivity contribution in [2.75, 3.05) is 13.7 Å². The van der Waals surface area contributed by atoms with Gasteiger partial charge >= 0.3 is 5.97 Å². The van der Waals surface area contributed by atoms with Crippen LogP contribution in [0.3, 0.4) is 0 Å². The van der Waals surface area contributed by atoms with E-state index >= 15 is 0 Å². The Labute approximate surface area is 88.5 Å². The van der Waals surface area contributed by atoms with E-state index in [-0.39, 0.29) is 5.69 Å². The Bertz CT molecular complexity index is 361. The van der Waals surface area contributed by atoms with Crippen LogP contribution in [0, 0.1) is 0 Å². The number of pyridine rings is 1. The van der Waals surface area contributed by atoms with Crippen molar-refractivity contribution >= 4 is 12.0 Å². The first-order valence-corrected chi connectivity index (χ1v) is 4.61. The monoisotopic (exact) mass is 207 g/mol. The number of hydrogen-bond donors (Lipinski definition) is 0. The van der Waals surface area contributed by atoms with Crippen LogP contribution in [0.1, 0.15) is 23.0 Å². The van der Waals surface area contributed by atoms with E-state index in [2.05, 4.69) is 9.72 Å². The summed E-state index contributed by atoms with van der Waals surface area (Å²) in [5, 5.41) is 0. The maximum atomic E-state index is 11.3. The van der Waals surface area contributed by atoms with Gasteiger partial charge in [0.15, 0.2) is 5.69 Å². The normalized spacial score (nSPS) is 10.3. The first-order chi connectivity index (χ1) is 7.29. The van der Waals surface area contributed by atoms with Gasteiger partial charge in [0.25, 0.3) is 0 Å². The van der Waals surface area contributed by atoms with E-state index in [4.69, 9.17) is 4.74 Å². The molecular formula is C11H13NO3. The minimum absolute atomic E-state index is 0.288. The van der Waals surface area contributed by atoms with E-state index in [1.54, 1.807) is 24.4 Å². The van der Waals surface area contributed by atoms with Gasteiger partial charge in [-0.3, -0.25) is 0 Å². The summed E-state index contributed by atoms with van der Waals surface area (Å²) in [5.74, 6) is -0.452. The lowest BCUT2D eigenvalue weighted by atomic mass is 10.2. The molecule has 0 saturated carbocycles. The first-order valence-electron chi connectivity index (χ1n) is 4.61. The zero-order chi connectivity index (χ0) is 11.1. The molecule has 0 unspecified atom stereocenters. The average Bonchev–Trinajstić information content (AvgIpc) is 2.29. The fourth-order valence-electron chi connectivity index (χ4n) is 1.04. The molecule has 0 amide bonds. The van der Waals surface area contributed by atoms with Crippen molar-refractivity contribution in [3.63, 3.8) is 0 Å². The summed E-state index contributed by atoms with van der Waals surface area (Å²) in [4.78, 5) is 15.3. The molecular weight excluding hydrogens is 194 g/mol. The minimum atomic E-state index is -0.452. The molecule has 1 heterocycles. The molecule has 0 atom stereocenters. The van der Waals surface area contributed by atoms with E-state index in [1.807, 2.05) is 6.92 Å².